The number of hydrogen-bond donors (Lipinski definition) is 0. The standard InChI is InChI=1S/C21H21NO5/c1-25-17-13-15-5-2-3-6-18(15)16(14-17)9-12-22-11-4-10-21(22)26-19(23)7-8-20(24)27-21/h2-3,5-8,13-14H,4,9-12H2,1H3. The molecule has 140 valence electrons. The van der Waals surface area contributed by atoms with Crippen LogP contribution in [0.3, 0.4) is 0 Å². The smallest absolute Gasteiger partial charge is 0.335 e. The van der Waals surface area contributed by atoms with Crippen molar-refractivity contribution in [2.24, 2.45) is 0 Å². The fourth-order valence-electron chi connectivity index (χ4n) is 3.81. The summed E-state index contributed by atoms with van der Waals surface area (Å²) in [5.74, 6) is -1.61. The zero-order valence-electron chi connectivity index (χ0n) is 15.1. The van der Waals surface area contributed by atoms with Gasteiger partial charge in [0.1, 0.15) is 5.75 Å². The van der Waals surface area contributed by atoms with Crippen LogP contribution in [0.4, 0.5) is 0 Å². The highest BCUT2D eigenvalue weighted by Crippen LogP contribution is 2.34. The van der Waals surface area contributed by atoms with Gasteiger partial charge in [-0.2, -0.15) is 0 Å². The van der Waals surface area contributed by atoms with Crippen LogP contribution in [0.15, 0.2) is 48.6 Å². The lowest BCUT2D eigenvalue weighted by Crippen LogP contribution is -2.50. The van der Waals surface area contributed by atoms with E-state index in [4.69, 9.17) is 14.2 Å². The number of fused-ring (bicyclic) bond motifs is 1. The van der Waals surface area contributed by atoms with Crippen molar-refractivity contribution >= 4 is 22.7 Å². The quantitative estimate of drug-likeness (QED) is 0.775. The number of ether oxygens (including phenoxy) is 3. The molecule has 6 nitrogen and oxygen atoms in total. The number of methoxy groups -OCH3 is 1. The average molecular weight is 367 g/mol. The van der Waals surface area contributed by atoms with Crippen molar-refractivity contribution < 1.29 is 23.8 Å². The number of carbonyl (C=O) groups excluding carboxylic acids is 2. The first-order valence-corrected chi connectivity index (χ1v) is 9.04. The predicted octanol–water partition coefficient (Wildman–Crippen LogP) is 2.80. The summed E-state index contributed by atoms with van der Waals surface area (Å²) in [5, 5.41) is 2.27. The summed E-state index contributed by atoms with van der Waals surface area (Å²) < 4.78 is 16.4. The van der Waals surface area contributed by atoms with Crippen LogP contribution in [0, 0.1) is 0 Å². The SMILES string of the molecule is COc1cc(CCN2CCCC23OC(=O)C=CC(=O)O3)c2ccccc2c1. The molecule has 0 saturated carbocycles. The maximum Gasteiger partial charge on any atom is 0.335 e. The van der Waals surface area contributed by atoms with Crippen molar-refractivity contribution in [3.63, 3.8) is 0 Å². The van der Waals surface area contributed by atoms with Gasteiger partial charge < -0.3 is 14.2 Å². The molecule has 0 aliphatic carbocycles. The second-order valence-electron chi connectivity index (χ2n) is 6.74. The third-order valence-corrected chi connectivity index (χ3v) is 5.09. The number of hydrogen-bond acceptors (Lipinski definition) is 6. The maximum absolute atomic E-state index is 11.9. The van der Waals surface area contributed by atoms with Gasteiger partial charge in [-0.1, -0.05) is 24.3 Å². The van der Waals surface area contributed by atoms with Crippen molar-refractivity contribution in [1.29, 1.82) is 0 Å². The van der Waals surface area contributed by atoms with Crippen LogP contribution in [-0.2, 0) is 25.5 Å². The van der Waals surface area contributed by atoms with Gasteiger partial charge in [0.05, 0.1) is 7.11 Å². The summed E-state index contributed by atoms with van der Waals surface area (Å²) in [4.78, 5) is 25.7. The van der Waals surface area contributed by atoms with Crippen LogP contribution in [0.5, 0.6) is 5.75 Å². The molecule has 0 radical (unpaired) electrons. The van der Waals surface area contributed by atoms with E-state index in [1.54, 1.807) is 7.11 Å². The Kier molecular flexibility index (Phi) is 4.58. The molecule has 6 heteroatoms. The molecule has 2 heterocycles. The minimum Gasteiger partial charge on any atom is -0.497 e. The molecule has 1 fully saturated rings. The van der Waals surface area contributed by atoms with Crippen molar-refractivity contribution in [1.82, 2.24) is 4.90 Å². The molecule has 0 unspecified atom stereocenters. The maximum atomic E-state index is 11.9. The molecule has 0 amide bonds. The Hall–Kier alpha value is -2.86. The molecule has 1 saturated heterocycles. The van der Waals surface area contributed by atoms with Gasteiger partial charge in [-0.25, -0.2) is 14.5 Å². The summed E-state index contributed by atoms with van der Waals surface area (Å²) in [7, 11) is 1.65. The van der Waals surface area contributed by atoms with E-state index in [0.717, 1.165) is 40.7 Å². The van der Waals surface area contributed by atoms with Crippen molar-refractivity contribution in [2.75, 3.05) is 20.2 Å². The third-order valence-electron chi connectivity index (χ3n) is 5.09. The predicted molar refractivity (Wildman–Crippen MR) is 99.1 cm³/mol. The van der Waals surface area contributed by atoms with Crippen LogP contribution in [0.1, 0.15) is 18.4 Å². The Balaban J connectivity index is 1.59. The first kappa shape index (κ1) is 17.5. The number of likely N-dealkylation sites (tertiary alicyclic amines) is 1. The minimum atomic E-state index is -1.30. The molecule has 27 heavy (non-hydrogen) atoms. The van der Waals surface area contributed by atoms with E-state index in [1.807, 2.05) is 29.2 Å². The monoisotopic (exact) mass is 367 g/mol. The molecule has 0 N–H and O–H groups in total. The van der Waals surface area contributed by atoms with Gasteiger partial charge in [0.2, 0.25) is 0 Å². The number of rotatable bonds is 4. The second-order valence-corrected chi connectivity index (χ2v) is 6.74. The molecule has 0 aromatic heterocycles. The highest BCUT2D eigenvalue weighted by Gasteiger charge is 2.48. The highest BCUT2D eigenvalue weighted by atomic mass is 16.8. The van der Waals surface area contributed by atoms with Crippen LogP contribution in [0.2, 0.25) is 0 Å². The van der Waals surface area contributed by atoms with Gasteiger partial charge in [-0.15, -0.1) is 0 Å². The lowest BCUT2D eigenvalue weighted by molar-refractivity contribution is -0.268. The topological polar surface area (TPSA) is 65.1 Å². The Bertz CT molecular complexity index is 900. The summed E-state index contributed by atoms with van der Waals surface area (Å²) in [6.07, 6.45) is 4.21. The van der Waals surface area contributed by atoms with Crippen LogP contribution < -0.4 is 4.74 Å². The van der Waals surface area contributed by atoms with Gasteiger partial charge in [0, 0.05) is 31.7 Å². The molecule has 2 aliphatic heterocycles. The fraction of sp³-hybridized carbons (Fsp3) is 0.333. The lowest BCUT2D eigenvalue weighted by atomic mass is 10.0. The van der Waals surface area contributed by atoms with E-state index >= 15 is 0 Å². The van der Waals surface area contributed by atoms with Crippen LogP contribution in [-0.4, -0.2) is 42.9 Å². The largest absolute Gasteiger partial charge is 0.497 e. The number of carbonyl (C=O) groups is 2. The first-order chi connectivity index (χ1) is 13.1. The highest BCUT2D eigenvalue weighted by molar-refractivity contribution is 5.93. The first-order valence-electron chi connectivity index (χ1n) is 9.04. The normalized spacial score (nSPS) is 19.1. The molecule has 4 rings (SSSR count). The number of benzene rings is 2. The van der Waals surface area contributed by atoms with Gasteiger partial charge in [-0.3, -0.25) is 0 Å². The summed E-state index contributed by atoms with van der Waals surface area (Å²) in [6, 6.07) is 12.2. The Morgan fingerprint density at radius 3 is 2.59 bits per heavy atom. The van der Waals surface area contributed by atoms with E-state index < -0.39 is 17.8 Å². The van der Waals surface area contributed by atoms with Crippen molar-refractivity contribution in [3.05, 3.63) is 54.1 Å². The summed E-state index contributed by atoms with van der Waals surface area (Å²) in [5.41, 5.74) is 1.14. The molecular formula is C21H21NO5. The minimum absolute atomic E-state index is 0.477. The van der Waals surface area contributed by atoms with Crippen molar-refractivity contribution in [3.8, 4) is 5.75 Å². The summed E-state index contributed by atoms with van der Waals surface area (Å²) >= 11 is 0. The zero-order valence-corrected chi connectivity index (χ0v) is 15.1. The molecule has 0 bridgehead atoms. The van der Waals surface area contributed by atoms with Gasteiger partial charge >= 0.3 is 17.8 Å². The molecule has 2 aromatic rings. The molecule has 2 aromatic carbocycles. The van der Waals surface area contributed by atoms with E-state index in [9.17, 15) is 9.59 Å². The Labute approximate surface area is 157 Å². The Morgan fingerprint density at radius 2 is 1.85 bits per heavy atom. The van der Waals surface area contributed by atoms with E-state index in [-0.39, 0.29) is 0 Å². The lowest BCUT2D eigenvalue weighted by Gasteiger charge is -2.35. The molecule has 0 atom stereocenters. The zero-order chi connectivity index (χ0) is 18.9. The molecule has 2 aliphatic rings. The third kappa shape index (κ3) is 3.40. The van der Waals surface area contributed by atoms with E-state index in [1.165, 1.54) is 0 Å². The number of nitrogens with zero attached hydrogens (tertiary/aromatic N) is 1. The van der Waals surface area contributed by atoms with Crippen LogP contribution >= 0.6 is 0 Å². The van der Waals surface area contributed by atoms with Gasteiger partial charge in [0.25, 0.3) is 0 Å². The van der Waals surface area contributed by atoms with E-state index in [0.29, 0.717) is 25.9 Å². The fourth-order valence-corrected chi connectivity index (χ4v) is 3.81. The van der Waals surface area contributed by atoms with Crippen molar-refractivity contribution in [2.45, 2.75) is 25.2 Å². The Morgan fingerprint density at radius 1 is 1.11 bits per heavy atom. The summed E-state index contributed by atoms with van der Waals surface area (Å²) in [6.45, 7) is 1.29. The molecule has 1 spiro atoms. The number of esters is 2. The van der Waals surface area contributed by atoms with Gasteiger partial charge in [0.15, 0.2) is 0 Å². The van der Waals surface area contributed by atoms with E-state index in [2.05, 4.69) is 12.1 Å². The van der Waals surface area contributed by atoms with Crippen LogP contribution in [0.25, 0.3) is 10.8 Å². The second kappa shape index (κ2) is 7.04. The molecular weight excluding hydrogens is 346 g/mol. The van der Waals surface area contributed by atoms with Gasteiger partial charge in [-0.05, 0) is 41.3 Å². The average Bonchev–Trinajstić information content (AvgIpc) is 2.98.